The van der Waals surface area contributed by atoms with Gasteiger partial charge < -0.3 is 16.0 Å². The van der Waals surface area contributed by atoms with Gasteiger partial charge in [-0.15, -0.1) is 0 Å². The highest BCUT2D eigenvalue weighted by Gasteiger charge is 2.22. The fraction of sp³-hybridized carbons (Fsp3) is 0.556. The van der Waals surface area contributed by atoms with Crippen LogP contribution >= 0.6 is 0 Å². The number of hydrogen-bond donors (Lipinski definition) is 2. The lowest BCUT2D eigenvalue weighted by atomic mass is 10.3. The molecule has 76 valence electrons. The first-order valence-corrected chi connectivity index (χ1v) is 4.79. The van der Waals surface area contributed by atoms with E-state index in [1.165, 1.54) is 0 Å². The lowest BCUT2D eigenvalue weighted by Crippen LogP contribution is -2.30. The fourth-order valence-electron chi connectivity index (χ4n) is 1.67. The van der Waals surface area contributed by atoms with Crippen LogP contribution in [0.2, 0.25) is 0 Å². The van der Waals surface area contributed by atoms with Gasteiger partial charge in [-0.05, 0) is 13.5 Å². The lowest BCUT2D eigenvalue weighted by Gasteiger charge is -2.15. The SMILES string of the molecule is CN[C@H]1CCN(c2ncc(N)cn2)C1. The topological polar surface area (TPSA) is 67.1 Å². The van der Waals surface area contributed by atoms with Gasteiger partial charge in [-0.25, -0.2) is 9.97 Å². The van der Waals surface area contributed by atoms with Gasteiger partial charge in [-0.2, -0.15) is 0 Å². The molecule has 14 heavy (non-hydrogen) atoms. The molecule has 0 saturated carbocycles. The summed E-state index contributed by atoms with van der Waals surface area (Å²) in [5.41, 5.74) is 6.13. The Morgan fingerprint density at radius 2 is 2.21 bits per heavy atom. The van der Waals surface area contributed by atoms with Gasteiger partial charge in [-0.1, -0.05) is 0 Å². The zero-order valence-corrected chi connectivity index (χ0v) is 8.27. The predicted octanol–water partition coefficient (Wildman–Crippen LogP) is -0.143. The Labute approximate surface area is 83.3 Å². The summed E-state index contributed by atoms with van der Waals surface area (Å²) in [7, 11) is 1.98. The van der Waals surface area contributed by atoms with E-state index >= 15 is 0 Å². The molecule has 2 rings (SSSR count). The van der Waals surface area contributed by atoms with Crippen LogP contribution in [0.15, 0.2) is 12.4 Å². The molecule has 2 heterocycles. The summed E-state index contributed by atoms with van der Waals surface area (Å²) in [4.78, 5) is 10.5. The van der Waals surface area contributed by atoms with E-state index in [9.17, 15) is 0 Å². The van der Waals surface area contributed by atoms with Crippen molar-refractivity contribution in [3.63, 3.8) is 0 Å². The summed E-state index contributed by atoms with van der Waals surface area (Å²) >= 11 is 0. The van der Waals surface area contributed by atoms with Crippen molar-refractivity contribution in [2.75, 3.05) is 30.8 Å². The molecule has 1 aliphatic rings. The van der Waals surface area contributed by atoms with E-state index in [0.29, 0.717) is 11.7 Å². The minimum Gasteiger partial charge on any atom is -0.396 e. The third kappa shape index (κ3) is 1.77. The van der Waals surface area contributed by atoms with Gasteiger partial charge in [0.15, 0.2) is 0 Å². The Hall–Kier alpha value is -1.36. The smallest absolute Gasteiger partial charge is 0.225 e. The molecule has 1 aromatic rings. The number of hydrogen-bond acceptors (Lipinski definition) is 5. The van der Waals surface area contributed by atoms with Crippen LogP contribution in [0.3, 0.4) is 0 Å². The van der Waals surface area contributed by atoms with Crippen molar-refractivity contribution in [1.29, 1.82) is 0 Å². The van der Waals surface area contributed by atoms with Gasteiger partial charge in [0.25, 0.3) is 0 Å². The molecular weight excluding hydrogens is 178 g/mol. The fourth-order valence-corrected chi connectivity index (χ4v) is 1.67. The van der Waals surface area contributed by atoms with Gasteiger partial charge in [0.2, 0.25) is 5.95 Å². The molecule has 1 atom stereocenters. The summed E-state index contributed by atoms with van der Waals surface area (Å²) in [5, 5.41) is 3.25. The molecule has 0 bridgehead atoms. The second-order valence-electron chi connectivity index (χ2n) is 3.54. The molecule has 1 saturated heterocycles. The van der Waals surface area contributed by atoms with E-state index in [1.807, 2.05) is 7.05 Å². The molecular formula is C9H15N5. The molecule has 0 aliphatic carbocycles. The molecule has 5 heteroatoms. The number of nitrogen functional groups attached to an aromatic ring is 1. The van der Waals surface area contributed by atoms with Crippen molar-refractivity contribution in [3.05, 3.63) is 12.4 Å². The second kappa shape index (κ2) is 3.79. The molecule has 3 N–H and O–H groups in total. The van der Waals surface area contributed by atoms with Crippen molar-refractivity contribution < 1.29 is 0 Å². The van der Waals surface area contributed by atoms with Gasteiger partial charge >= 0.3 is 0 Å². The van der Waals surface area contributed by atoms with Gasteiger partial charge in [0.05, 0.1) is 18.1 Å². The summed E-state index contributed by atoms with van der Waals surface area (Å²) in [6.07, 6.45) is 4.44. The number of likely N-dealkylation sites (N-methyl/N-ethyl adjacent to an activating group) is 1. The maximum absolute atomic E-state index is 5.52. The van der Waals surface area contributed by atoms with Crippen molar-refractivity contribution in [1.82, 2.24) is 15.3 Å². The molecule has 5 nitrogen and oxygen atoms in total. The molecule has 1 aromatic heterocycles. The van der Waals surface area contributed by atoms with Crippen molar-refractivity contribution in [2.45, 2.75) is 12.5 Å². The van der Waals surface area contributed by atoms with E-state index in [0.717, 1.165) is 25.5 Å². The van der Waals surface area contributed by atoms with Crippen molar-refractivity contribution >= 4 is 11.6 Å². The lowest BCUT2D eigenvalue weighted by molar-refractivity contribution is 0.616. The van der Waals surface area contributed by atoms with Crippen LogP contribution in [0, 0.1) is 0 Å². The normalized spacial score (nSPS) is 21.5. The van der Waals surface area contributed by atoms with Crippen LogP contribution in [0.4, 0.5) is 11.6 Å². The maximum atomic E-state index is 5.52. The first-order valence-electron chi connectivity index (χ1n) is 4.79. The number of nitrogens with two attached hydrogens (primary N) is 1. The third-order valence-corrected chi connectivity index (χ3v) is 2.54. The van der Waals surface area contributed by atoms with Crippen LogP contribution in [0.1, 0.15) is 6.42 Å². The first-order chi connectivity index (χ1) is 6.79. The standard InChI is InChI=1S/C9H15N5/c1-11-8-2-3-14(6-8)9-12-4-7(10)5-13-9/h4-5,8,11H,2-3,6,10H2,1H3/t8-/m0/s1. The molecule has 0 unspecified atom stereocenters. The molecule has 1 aliphatic heterocycles. The average Bonchev–Trinajstić information content (AvgIpc) is 2.67. The number of aromatic nitrogens is 2. The Bertz CT molecular complexity index is 297. The largest absolute Gasteiger partial charge is 0.396 e. The highest BCUT2D eigenvalue weighted by atomic mass is 15.3. The van der Waals surface area contributed by atoms with E-state index in [-0.39, 0.29) is 0 Å². The molecule has 0 radical (unpaired) electrons. The number of rotatable bonds is 2. The van der Waals surface area contributed by atoms with E-state index in [2.05, 4.69) is 20.2 Å². The Morgan fingerprint density at radius 1 is 1.50 bits per heavy atom. The van der Waals surface area contributed by atoms with Crippen LogP contribution in [-0.4, -0.2) is 36.1 Å². The van der Waals surface area contributed by atoms with Crippen LogP contribution in [-0.2, 0) is 0 Å². The number of nitrogens with zero attached hydrogens (tertiary/aromatic N) is 3. The van der Waals surface area contributed by atoms with Gasteiger partial charge in [-0.3, -0.25) is 0 Å². The minimum absolute atomic E-state index is 0.552. The molecule has 0 spiro atoms. The van der Waals surface area contributed by atoms with Gasteiger partial charge in [0.1, 0.15) is 0 Å². The highest BCUT2D eigenvalue weighted by molar-refractivity contribution is 5.38. The van der Waals surface area contributed by atoms with Crippen LogP contribution in [0.5, 0.6) is 0 Å². The van der Waals surface area contributed by atoms with E-state index in [1.54, 1.807) is 12.4 Å². The zero-order chi connectivity index (χ0) is 9.97. The Kier molecular flexibility index (Phi) is 2.49. The molecule has 0 aromatic carbocycles. The van der Waals surface area contributed by atoms with Crippen molar-refractivity contribution in [3.8, 4) is 0 Å². The summed E-state index contributed by atoms with van der Waals surface area (Å²) < 4.78 is 0. The Morgan fingerprint density at radius 3 is 2.79 bits per heavy atom. The van der Waals surface area contributed by atoms with E-state index in [4.69, 9.17) is 5.73 Å². The highest BCUT2D eigenvalue weighted by Crippen LogP contribution is 2.15. The quantitative estimate of drug-likeness (QED) is 0.684. The third-order valence-electron chi connectivity index (χ3n) is 2.54. The summed E-state index contributed by atoms with van der Waals surface area (Å²) in [6, 6.07) is 0.552. The number of nitrogens with one attached hydrogen (secondary N) is 1. The first kappa shape index (κ1) is 9.21. The second-order valence-corrected chi connectivity index (χ2v) is 3.54. The number of anilines is 2. The van der Waals surface area contributed by atoms with E-state index < -0.39 is 0 Å². The van der Waals surface area contributed by atoms with Crippen LogP contribution in [0.25, 0.3) is 0 Å². The van der Waals surface area contributed by atoms with Gasteiger partial charge in [0, 0.05) is 19.1 Å². The predicted molar refractivity (Wildman–Crippen MR) is 56.1 cm³/mol. The minimum atomic E-state index is 0.552. The summed E-state index contributed by atoms with van der Waals surface area (Å²) in [6.45, 7) is 1.98. The molecule has 1 fully saturated rings. The maximum Gasteiger partial charge on any atom is 0.225 e. The zero-order valence-electron chi connectivity index (χ0n) is 8.27. The van der Waals surface area contributed by atoms with Crippen LogP contribution < -0.4 is 16.0 Å². The average molecular weight is 193 g/mol. The van der Waals surface area contributed by atoms with Crippen molar-refractivity contribution in [2.24, 2.45) is 0 Å². The summed E-state index contributed by atoms with van der Waals surface area (Å²) in [5.74, 6) is 0.775. The monoisotopic (exact) mass is 193 g/mol. The molecule has 0 amide bonds. The Balaban J connectivity index is 2.06.